The van der Waals surface area contributed by atoms with E-state index in [1.807, 2.05) is 54.6 Å². The van der Waals surface area contributed by atoms with Gasteiger partial charge < -0.3 is 43.8 Å². The van der Waals surface area contributed by atoms with Gasteiger partial charge in [0.25, 0.3) is 11.8 Å². The molecular weight excluding hydrogens is 596 g/mol. The molecule has 2 atom stereocenters. The summed E-state index contributed by atoms with van der Waals surface area (Å²) in [5, 5.41) is 16.7. The van der Waals surface area contributed by atoms with Crippen LogP contribution in [0.3, 0.4) is 0 Å². The van der Waals surface area contributed by atoms with Gasteiger partial charge in [-0.3, -0.25) is 14.4 Å². The van der Waals surface area contributed by atoms with Crippen molar-refractivity contribution in [1.82, 2.24) is 10.6 Å². The van der Waals surface area contributed by atoms with Gasteiger partial charge in [0, 0.05) is 32.4 Å². The molecule has 0 bridgehead atoms. The van der Waals surface area contributed by atoms with Crippen LogP contribution >= 0.6 is 0 Å². The fourth-order valence-electron chi connectivity index (χ4n) is 4.73. The Bertz CT molecular complexity index is 1670. The van der Waals surface area contributed by atoms with Gasteiger partial charge in [-0.2, -0.15) is 0 Å². The molecule has 4 rings (SSSR count). The van der Waals surface area contributed by atoms with E-state index in [1.165, 1.54) is 33.3 Å². The monoisotopic (exact) mass is 634 g/mol. The second kappa shape index (κ2) is 16.4. The van der Waals surface area contributed by atoms with Crippen molar-refractivity contribution in [1.29, 1.82) is 0 Å². The molecule has 4 aromatic rings. The summed E-state index contributed by atoms with van der Waals surface area (Å²) in [6, 6.07) is 18.3. The van der Waals surface area contributed by atoms with E-state index in [0.717, 1.165) is 16.9 Å². The van der Waals surface area contributed by atoms with Crippen molar-refractivity contribution in [2.75, 3.05) is 41.5 Å². The number of benzene rings is 3. The molecule has 0 saturated carbocycles. The van der Waals surface area contributed by atoms with Crippen LogP contribution in [-0.2, 0) is 27.1 Å². The van der Waals surface area contributed by atoms with Crippen molar-refractivity contribution in [2.45, 2.75) is 31.9 Å². The summed E-state index contributed by atoms with van der Waals surface area (Å²) in [5.74, 6) is -0.559. The Balaban J connectivity index is 1.57. The molecule has 12 nitrogen and oxygen atoms in total. The van der Waals surface area contributed by atoms with Crippen molar-refractivity contribution in [3.63, 3.8) is 0 Å². The zero-order chi connectivity index (χ0) is 33.1. The summed E-state index contributed by atoms with van der Waals surface area (Å²) < 4.78 is 32.2. The molecule has 1 aromatic heterocycles. The van der Waals surface area contributed by atoms with Crippen molar-refractivity contribution in [3.8, 4) is 17.2 Å². The van der Waals surface area contributed by atoms with Gasteiger partial charge in [-0.05, 0) is 49.1 Å². The van der Waals surface area contributed by atoms with Crippen LogP contribution in [0.5, 0.6) is 17.2 Å². The summed E-state index contributed by atoms with van der Waals surface area (Å²) in [5.41, 5.74) is 1.37. The van der Waals surface area contributed by atoms with Gasteiger partial charge in [0.1, 0.15) is 11.3 Å². The number of hydrogen-bond donors (Lipinski definition) is 3. The van der Waals surface area contributed by atoms with E-state index in [1.54, 1.807) is 7.11 Å². The first-order valence-corrected chi connectivity index (χ1v) is 14.5. The third-order valence-corrected chi connectivity index (χ3v) is 7.19. The molecule has 1 heterocycles. The molecule has 2 amide bonds. The summed E-state index contributed by atoms with van der Waals surface area (Å²) in [7, 11) is 4.49. The topological polar surface area (TPSA) is 155 Å². The number of methoxy groups -OCH3 is 3. The minimum absolute atomic E-state index is 0.0325. The highest BCUT2D eigenvalue weighted by Gasteiger charge is 2.30. The predicted molar refractivity (Wildman–Crippen MR) is 169 cm³/mol. The van der Waals surface area contributed by atoms with Gasteiger partial charge in [-0.25, -0.2) is 0 Å². The Morgan fingerprint density at radius 2 is 1.54 bits per heavy atom. The van der Waals surface area contributed by atoms with Gasteiger partial charge in [0.05, 0.1) is 18.5 Å². The molecular formula is C34H38N2O10. The van der Waals surface area contributed by atoms with E-state index in [4.69, 9.17) is 28.1 Å². The molecule has 0 aliphatic rings. The van der Waals surface area contributed by atoms with Crippen LogP contribution in [-0.4, -0.2) is 70.5 Å². The van der Waals surface area contributed by atoms with Crippen molar-refractivity contribution in [3.05, 3.63) is 99.4 Å². The fourth-order valence-corrected chi connectivity index (χ4v) is 4.73. The molecule has 0 spiro atoms. The summed E-state index contributed by atoms with van der Waals surface area (Å²) in [6.07, 6.45) is -0.957. The Labute approximate surface area is 266 Å². The number of rotatable bonds is 16. The molecule has 3 N–H and O–H groups in total. The average molecular weight is 635 g/mol. The number of nitrogens with one attached hydrogen (secondary N) is 2. The quantitative estimate of drug-likeness (QED) is 0.157. The first-order valence-electron chi connectivity index (χ1n) is 14.5. The highest BCUT2D eigenvalue weighted by Crippen LogP contribution is 2.32. The number of aliphatic hydroxyl groups excluding tert-OH is 1. The maximum absolute atomic E-state index is 13.6. The molecule has 0 saturated heterocycles. The Morgan fingerprint density at radius 3 is 2.17 bits per heavy atom. The Kier molecular flexibility index (Phi) is 12.1. The Hall–Kier alpha value is -4.91. The first-order chi connectivity index (χ1) is 22.2. The highest BCUT2D eigenvalue weighted by atomic mass is 16.7. The normalized spacial score (nSPS) is 12.3. The van der Waals surface area contributed by atoms with E-state index in [0.29, 0.717) is 6.42 Å². The molecule has 46 heavy (non-hydrogen) atoms. The first kappa shape index (κ1) is 34.0. The lowest BCUT2D eigenvalue weighted by Crippen LogP contribution is -2.52. The average Bonchev–Trinajstić information content (AvgIpc) is 3.07. The van der Waals surface area contributed by atoms with E-state index in [9.17, 15) is 19.5 Å². The second-order valence-electron chi connectivity index (χ2n) is 10.4. The van der Waals surface area contributed by atoms with Gasteiger partial charge in [-0.1, -0.05) is 42.5 Å². The lowest BCUT2D eigenvalue weighted by Gasteiger charge is -2.24. The molecule has 0 radical (unpaired) electrons. The third-order valence-electron chi connectivity index (χ3n) is 7.19. The molecule has 0 aliphatic carbocycles. The number of fused-ring (bicyclic) bond motifs is 1. The van der Waals surface area contributed by atoms with Crippen LogP contribution in [0.15, 0.2) is 75.9 Å². The minimum atomic E-state index is -1.61. The molecule has 0 fully saturated rings. The van der Waals surface area contributed by atoms with Gasteiger partial charge in [0.2, 0.25) is 0 Å². The smallest absolute Gasteiger partial charge is 0.287 e. The third kappa shape index (κ3) is 8.62. The van der Waals surface area contributed by atoms with Crippen LogP contribution in [0.25, 0.3) is 11.0 Å². The van der Waals surface area contributed by atoms with Crippen LogP contribution in [0.2, 0.25) is 0 Å². The SMILES string of the molecule is COCOc1cc2oc(C(=O)N[C@@H](Cc3ccccc3)C(O)C(=O)NCCc3ccc(OC)cc3)c(C)c(=O)c2cc1OCOC. The number of hydrogen-bond acceptors (Lipinski definition) is 10. The molecule has 0 aliphatic heterocycles. The van der Waals surface area contributed by atoms with Crippen LogP contribution in [0.1, 0.15) is 27.2 Å². The molecule has 3 aromatic carbocycles. The maximum Gasteiger partial charge on any atom is 0.287 e. The van der Waals surface area contributed by atoms with E-state index in [2.05, 4.69) is 10.6 Å². The van der Waals surface area contributed by atoms with Crippen LogP contribution in [0.4, 0.5) is 0 Å². The summed E-state index contributed by atoms with van der Waals surface area (Å²) in [4.78, 5) is 40.1. The summed E-state index contributed by atoms with van der Waals surface area (Å²) >= 11 is 0. The zero-order valence-corrected chi connectivity index (χ0v) is 26.2. The lowest BCUT2D eigenvalue weighted by atomic mass is 10.00. The fraction of sp³-hybridized carbons (Fsp3) is 0.324. The van der Waals surface area contributed by atoms with E-state index >= 15 is 0 Å². The van der Waals surface area contributed by atoms with Crippen LogP contribution in [0, 0.1) is 6.92 Å². The number of amides is 2. The van der Waals surface area contributed by atoms with Gasteiger partial charge in [-0.15, -0.1) is 0 Å². The molecule has 244 valence electrons. The van der Waals surface area contributed by atoms with E-state index < -0.39 is 29.4 Å². The maximum atomic E-state index is 13.6. The number of aliphatic hydroxyl groups is 1. The van der Waals surface area contributed by atoms with Crippen molar-refractivity contribution >= 4 is 22.8 Å². The number of ether oxygens (including phenoxy) is 5. The summed E-state index contributed by atoms with van der Waals surface area (Å²) in [6.45, 7) is 1.51. The Morgan fingerprint density at radius 1 is 0.891 bits per heavy atom. The molecule has 1 unspecified atom stereocenters. The zero-order valence-electron chi connectivity index (χ0n) is 26.2. The van der Waals surface area contributed by atoms with E-state index in [-0.39, 0.29) is 60.3 Å². The largest absolute Gasteiger partial charge is 0.497 e. The molecule has 12 heteroatoms. The van der Waals surface area contributed by atoms with Gasteiger partial charge >= 0.3 is 0 Å². The minimum Gasteiger partial charge on any atom is -0.497 e. The van der Waals surface area contributed by atoms with Crippen molar-refractivity contribution < 1.29 is 42.8 Å². The van der Waals surface area contributed by atoms with Crippen LogP contribution < -0.4 is 30.3 Å². The lowest BCUT2D eigenvalue weighted by molar-refractivity contribution is -0.130. The highest BCUT2D eigenvalue weighted by molar-refractivity contribution is 5.96. The van der Waals surface area contributed by atoms with Gasteiger partial charge in [0.15, 0.2) is 42.4 Å². The standard InChI is InChI=1S/C34H38N2O10/c1-21-30(37)25-17-28(44-19-41-2)29(45-20-42-3)18-27(25)46-32(21)34(40)36-26(16-23-8-6-5-7-9-23)31(38)33(39)35-15-14-22-10-12-24(43-4)13-11-22/h5-13,17-18,26,31,38H,14-16,19-20H2,1-4H3,(H,35,39)(H,36,40)/t26-,31?/m0/s1. The number of carbonyl (C=O) groups excluding carboxylic acids is 2. The predicted octanol–water partition coefficient (Wildman–Crippen LogP) is 3.14. The number of carbonyl (C=O) groups is 2. The second-order valence-corrected chi connectivity index (χ2v) is 10.4. The van der Waals surface area contributed by atoms with Crippen molar-refractivity contribution in [2.24, 2.45) is 0 Å².